The van der Waals surface area contributed by atoms with Gasteiger partial charge in [-0.05, 0) is 69.9 Å². The maximum Gasteiger partial charge on any atom is 0.264 e. The first-order chi connectivity index (χ1) is 23.1. The molecule has 10 nitrogen and oxygen atoms in total. The number of carbonyl (C=O) groups is 2. The molecule has 1 aliphatic rings. The first-order valence-electron chi connectivity index (χ1n) is 16.6. The number of benzene rings is 2. The van der Waals surface area contributed by atoms with Gasteiger partial charge >= 0.3 is 0 Å². The number of hydrogen-bond donors (Lipinski definition) is 4. The van der Waals surface area contributed by atoms with Crippen molar-refractivity contribution >= 4 is 34.1 Å². The average molecular weight is 651 g/mol. The summed E-state index contributed by atoms with van der Waals surface area (Å²) < 4.78 is 1.71. The summed E-state index contributed by atoms with van der Waals surface area (Å²) in [6.07, 6.45) is 14.8. The summed E-state index contributed by atoms with van der Waals surface area (Å²) in [7, 11) is 0. The van der Waals surface area contributed by atoms with Crippen molar-refractivity contribution < 1.29 is 19.8 Å². The number of aliphatic hydroxyl groups excluding tert-OH is 1. The summed E-state index contributed by atoms with van der Waals surface area (Å²) in [5, 5.41) is 33.5. The zero-order valence-corrected chi connectivity index (χ0v) is 28.2. The minimum atomic E-state index is -1.82. The summed E-state index contributed by atoms with van der Waals surface area (Å²) in [5.74, 6) is -1.15. The number of rotatable bonds is 15. The van der Waals surface area contributed by atoms with E-state index in [1.165, 1.54) is 11.1 Å². The van der Waals surface area contributed by atoms with Gasteiger partial charge in [0.1, 0.15) is 0 Å². The number of aliphatic hydroxyl groups is 2. The van der Waals surface area contributed by atoms with Gasteiger partial charge in [-0.3, -0.25) is 14.3 Å². The highest BCUT2D eigenvalue weighted by Gasteiger charge is 2.52. The number of allylic oxidation sites excluding steroid dienone is 4. The summed E-state index contributed by atoms with van der Waals surface area (Å²) in [5.41, 5.74) is 4.82. The Kier molecular flexibility index (Phi) is 11.1. The lowest BCUT2D eigenvalue weighted by atomic mass is 9.82. The van der Waals surface area contributed by atoms with Gasteiger partial charge in [-0.1, -0.05) is 65.8 Å². The molecule has 48 heavy (non-hydrogen) atoms. The Labute approximate surface area is 281 Å². The van der Waals surface area contributed by atoms with Crippen molar-refractivity contribution in [1.29, 1.82) is 0 Å². The van der Waals surface area contributed by atoms with Crippen LogP contribution < -0.4 is 10.2 Å². The molecule has 0 aliphatic carbocycles. The van der Waals surface area contributed by atoms with Crippen LogP contribution in [0, 0.1) is 5.92 Å². The van der Waals surface area contributed by atoms with E-state index in [2.05, 4.69) is 47.5 Å². The topological polar surface area (TPSA) is 136 Å². The Bertz CT molecular complexity index is 1850. The molecule has 0 unspecified atom stereocenters. The Morgan fingerprint density at radius 3 is 2.73 bits per heavy atom. The molecule has 10 heteroatoms. The van der Waals surface area contributed by atoms with E-state index in [0.717, 1.165) is 35.0 Å². The van der Waals surface area contributed by atoms with Crippen molar-refractivity contribution in [3.8, 4) is 0 Å². The van der Waals surface area contributed by atoms with Crippen LogP contribution in [0.3, 0.4) is 0 Å². The average Bonchev–Trinajstić information content (AvgIpc) is 3.74. The molecule has 2 atom stereocenters. The molecule has 0 radical (unpaired) electrons. The van der Waals surface area contributed by atoms with Crippen LogP contribution in [0.4, 0.5) is 11.4 Å². The molecule has 2 amide bonds. The predicted molar refractivity (Wildman–Crippen MR) is 189 cm³/mol. The normalized spacial score (nSPS) is 16.9. The lowest BCUT2D eigenvalue weighted by Crippen LogP contribution is -2.44. The van der Waals surface area contributed by atoms with Gasteiger partial charge in [-0.2, -0.15) is 0 Å². The number of nitrogens with zero attached hydrogens (tertiary/aromatic N) is 4. The van der Waals surface area contributed by atoms with E-state index in [9.17, 15) is 14.7 Å². The van der Waals surface area contributed by atoms with Crippen LogP contribution in [-0.4, -0.2) is 55.2 Å². The minimum absolute atomic E-state index is 0.0158. The summed E-state index contributed by atoms with van der Waals surface area (Å²) in [6, 6.07) is 13.2. The quantitative estimate of drug-likeness (QED) is 0.117. The number of H-pyrrole nitrogens is 1. The monoisotopic (exact) mass is 650 g/mol. The van der Waals surface area contributed by atoms with Crippen LogP contribution >= 0.6 is 0 Å². The molecule has 252 valence electrons. The third-order valence-electron chi connectivity index (χ3n) is 8.86. The molecule has 1 aliphatic heterocycles. The zero-order valence-electron chi connectivity index (χ0n) is 28.2. The van der Waals surface area contributed by atoms with E-state index in [1.807, 2.05) is 61.7 Å². The van der Waals surface area contributed by atoms with Crippen LogP contribution in [-0.2, 0) is 34.6 Å². The molecule has 5 rings (SSSR count). The number of aromatic nitrogens is 4. The van der Waals surface area contributed by atoms with E-state index in [1.54, 1.807) is 27.9 Å². The molecular formula is C38H46N6O4. The lowest BCUT2D eigenvalue weighted by Gasteiger charge is -2.27. The smallest absolute Gasteiger partial charge is 0.264 e. The largest absolute Gasteiger partial charge is 0.396 e. The van der Waals surface area contributed by atoms with Crippen LogP contribution in [0.1, 0.15) is 63.8 Å². The summed E-state index contributed by atoms with van der Waals surface area (Å²) >= 11 is 0. The minimum Gasteiger partial charge on any atom is -0.396 e. The van der Waals surface area contributed by atoms with Crippen LogP contribution in [0.5, 0.6) is 0 Å². The molecular weight excluding hydrogens is 604 g/mol. The first kappa shape index (κ1) is 34.5. The van der Waals surface area contributed by atoms with Crippen LogP contribution in [0.25, 0.3) is 10.9 Å². The fourth-order valence-corrected chi connectivity index (χ4v) is 6.12. The lowest BCUT2D eigenvalue weighted by molar-refractivity contribution is -0.139. The van der Waals surface area contributed by atoms with E-state index in [-0.39, 0.29) is 18.9 Å². The third kappa shape index (κ3) is 7.83. The first-order valence-corrected chi connectivity index (χ1v) is 16.6. The number of amides is 2. The van der Waals surface area contributed by atoms with Crippen molar-refractivity contribution in [1.82, 2.24) is 20.0 Å². The second-order valence-electron chi connectivity index (χ2n) is 12.8. The number of para-hydroxylation sites is 1. The number of nitrogens with one attached hydrogen (secondary N) is 2. The number of anilines is 2. The zero-order chi connectivity index (χ0) is 34.3. The van der Waals surface area contributed by atoms with Gasteiger partial charge in [0.25, 0.3) is 5.91 Å². The Balaban J connectivity index is 1.36. The van der Waals surface area contributed by atoms with Gasteiger partial charge < -0.3 is 25.4 Å². The highest BCUT2D eigenvalue weighted by molar-refractivity contribution is 6.08. The fourth-order valence-electron chi connectivity index (χ4n) is 6.12. The van der Waals surface area contributed by atoms with Crippen molar-refractivity contribution in [2.75, 3.05) is 23.4 Å². The molecule has 3 heterocycles. The molecule has 2 aromatic carbocycles. The molecule has 4 N–H and O–H groups in total. The van der Waals surface area contributed by atoms with Gasteiger partial charge in [0.15, 0.2) is 5.60 Å². The van der Waals surface area contributed by atoms with E-state index in [0.29, 0.717) is 42.9 Å². The Morgan fingerprint density at radius 2 is 1.94 bits per heavy atom. The van der Waals surface area contributed by atoms with Crippen molar-refractivity contribution in [2.45, 2.75) is 71.9 Å². The molecule has 0 saturated carbocycles. The number of carbonyl (C=O) groups excluding carboxylic acids is 2. The fraction of sp³-hybridized carbons (Fsp3) is 0.368. The van der Waals surface area contributed by atoms with Gasteiger partial charge in [0.05, 0.1) is 17.8 Å². The molecule has 0 saturated heterocycles. The van der Waals surface area contributed by atoms with Gasteiger partial charge in [0.2, 0.25) is 5.91 Å². The Hall–Kier alpha value is -4.80. The second kappa shape index (κ2) is 15.4. The van der Waals surface area contributed by atoms with E-state index >= 15 is 0 Å². The summed E-state index contributed by atoms with van der Waals surface area (Å²) in [4.78, 5) is 32.1. The molecule has 0 bridgehead atoms. The van der Waals surface area contributed by atoms with E-state index in [4.69, 9.17) is 5.11 Å². The van der Waals surface area contributed by atoms with Gasteiger partial charge in [0, 0.05) is 66.6 Å². The highest BCUT2D eigenvalue weighted by Crippen LogP contribution is 2.46. The standard InChI is InChI=1S/C38H46N6O4/c1-26(2)10-9-11-27(3)17-20-44-35-16-15-30(40-36(46)22-29-24-39-34-14-6-5-13-32(29)34)23-33(35)38(48,37(44)47)28(4)12-7-8-19-43-25-31(18-21-45)41-42-43/h5-7,10,12-17,23-25,28,39,45,48H,8-9,11,18-22H2,1-4H3,(H,40,46)/b12-7+,27-17+/t28-,38+/m1/s1. The molecule has 2 aromatic heterocycles. The third-order valence-corrected chi connectivity index (χ3v) is 8.86. The second-order valence-corrected chi connectivity index (χ2v) is 12.8. The van der Waals surface area contributed by atoms with Gasteiger partial charge in [-0.15, -0.1) is 5.10 Å². The number of aryl methyl sites for hydroxylation is 1. The van der Waals surface area contributed by atoms with Gasteiger partial charge in [-0.25, -0.2) is 0 Å². The maximum absolute atomic E-state index is 14.1. The van der Waals surface area contributed by atoms with Crippen LogP contribution in [0.2, 0.25) is 0 Å². The molecule has 0 fully saturated rings. The highest BCUT2D eigenvalue weighted by atomic mass is 16.3. The number of aromatic amines is 1. The predicted octanol–water partition coefficient (Wildman–Crippen LogP) is 5.98. The Morgan fingerprint density at radius 1 is 1.12 bits per heavy atom. The van der Waals surface area contributed by atoms with Crippen molar-refractivity contribution in [3.63, 3.8) is 0 Å². The van der Waals surface area contributed by atoms with E-state index < -0.39 is 17.4 Å². The molecule has 4 aromatic rings. The summed E-state index contributed by atoms with van der Waals surface area (Å²) in [6.45, 7) is 8.98. The van der Waals surface area contributed by atoms with Crippen molar-refractivity contribution in [2.24, 2.45) is 5.92 Å². The van der Waals surface area contributed by atoms with Crippen molar-refractivity contribution in [3.05, 3.63) is 107 Å². The maximum atomic E-state index is 14.1. The SMILES string of the molecule is CC(C)=CCC/C(C)=C/CN1C(=O)[C@](O)([C@H](C)/C=C/CCn2cc(CCO)nn2)c2cc(NC(=O)Cc3c[nH]c4ccccc34)ccc21. The van der Waals surface area contributed by atoms with Crippen LogP contribution in [0.15, 0.2) is 90.3 Å². The number of fused-ring (bicyclic) bond motifs is 2. The number of hydrogen-bond acceptors (Lipinski definition) is 6. The molecule has 0 spiro atoms.